The van der Waals surface area contributed by atoms with Crippen molar-refractivity contribution in [2.75, 3.05) is 0 Å². The van der Waals surface area contributed by atoms with Crippen LogP contribution in [-0.2, 0) is 21.2 Å². The fourth-order valence-electron chi connectivity index (χ4n) is 3.30. The molecule has 0 bridgehead atoms. The Labute approximate surface area is 147 Å². The Kier molecular flexibility index (Phi) is 6.52. The number of hydrogen-bond acceptors (Lipinski definition) is 2. The summed E-state index contributed by atoms with van der Waals surface area (Å²) in [7, 11) is -1.94. The highest BCUT2D eigenvalue weighted by Crippen LogP contribution is 2.36. The molecule has 24 heavy (non-hydrogen) atoms. The molecule has 128 valence electrons. The van der Waals surface area contributed by atoms with E-state index in [0.717, 1.165) is 35.5 Å². The van der Waals surface area contributed by atoms with Crippen molar-refractivity contribution in [3.05, 3.63) is 71.8 Å². The Balaban J connectivity index is 2.49. The van der Waals surface area contributed by atoms with Gasteiger partial charge in [0.15, 0.2) is 14.6 Å². The molecule has 0 saturated heterocycles. The minimum absolute atomic E-state index is 0.579. The minimum Gasteiger partial charge on any atom is -0.401 e. The fourth-order valence-corrected chi connectivity index (χ4v) is 6.25. The van der Waals surface area contributed by atoms with Gasteiger partial charge in [0, 0.05) is 6.42 Å². The lowest BCUT2D eigenvalue weighted by molar-refractivity contribution is -0.123. The van der Waals surface area contributed by atoms with E-state index >= 15 is 0 Å². The predicted octanol–water partition coefficient (Wildman–Crippen LogP) is 5.35. The molecule has 2 nitrogen and oxygen atoms in total. The zero-order chi connectivity index (χ0) is 17.5. The summed E-state index contributed by atoms with van der Waals surface area (Å²) in [5.41, 5.74) is 1.19. The zero-order valence-corrected chi connectivity index (χ0v) is 16.0. The first-order valence-corrected chi connectivity index (χ1v) is 11.4. The molecule has 0 heterocycles. The second kappa shape index (κ2) is 8.40. The van der Waals surface area contributed by atoms with Gasteiger partial charge in [0.25, 0.3) is 0 Å². The maximum absolute atomic E-state index is 12.4. The summed E-state index contributed by atoms with van der Waals surface area (Å²) in [4.78, 5) is 12.4. The summed E-state index contributed by atoms with van der Waals surface area (Å²) in [6.45, 7) is 6.59. The molecule has 0 unspecified atom stereocenters. The maximum atomic E-state index is 12.4. The van der Waals surface area contributed by atoms with Crippen molar-refractivity contribution in [1.29, 1.82) is 0 Å². The van der Waals surface area contributed by atoms with E-state index in [1.807, 2.05) is 48.5 Å². The standard InChI is InChI=1S/C21H28O2Si/c1-4-24(5-2,6-3)23-21(18-22,20-15-11-8-12-16-20)17-19-13-9-7-10-14-19/h7-16,18H,4-6,17H2,1-3H3/t21-/m1/s1. The van der Waals surface area contributed by atoms with E-state index in [1.165, 1.54) is 0 Å². The first-order chi connectivity index (χ1) is 11.6. The molecule has 0 aromatic heterocycles. The molecule has 2 rings (SSSR count). The van der Waals surface area contributed by atoms with Crippen LogP contribution in [-0.4, -0.2) is 14.6 Å². The quantitative estimate of drug-likeness (QED) is 0.454. The van der Waals surface area contributed by atoms with E-state index in [4.69, 9.17) is 4.43 Å². The highest BCUT2D eigenvalue weighted by molar-refractivity contribution is 6.73. The van der Waals surface area contributed by atoms with Gasteiger partial charge in [0.2, 0.25) is 0 Å². The van der Waals surface area contributed by atoms with Gasteiger partial charge in [0.1, 0.15) is 5.60 Å². The summed E-state index contributed by atoms with van der Waals surface area (Å²) in [6, 6.07) is 23.2. The molecule has 2 aromatic carbocycles. The second-order valence-corrected chi connectivity index (χ2v) is 11.1. The number of hydrogen-bond donors (Lipinski definition) is 0. The average Bonchev–Trinajstić information content (AvgIpc) is 2.67. The molecule has 3 heteroatoms. The highest BCUT2D eigenvalue weighted by atomic mass is 28.4. The summed E-state index contributed by atoms with van der Waals surface area (Å²) in [5.74, 6) is 0. The lowest BCUT2D eigenvalue weighted by Crippen LogP contribution is -2.47. The van der Waals surface area contributed by atoms with Gasteiger partial charge < -0.3 is 4.43 Å². The van der Waals surface area contributed by atoms with Gasteiger partial charge in [-0.05, 0) is 29.3 Å². The van der Waals surface area contributed by atoms with E-state index in [0.29, 0.717) is 6.42 Å². The van der Waals surface area contributed by atoms with E-state index in [9.17, 15) is 4.79 Å². The normalized spacial score (nSPS) is 14.1. The number of rotatable bonds is 9. The Morgan fingerprint density at radius 1 is 0.875 bits per heavy atom. The monoisotopic (exact) mass is 340 g/mol. The van der Waals surface area contributed by atoms with E-state index in [1.54, 1.807) is 0 Å². The fraction of sp³-hybridized carbons (Fsp3) is 0.381. The van der Waals surface area contributed by atoms with E-state index in [-0.39, 0.29) is 0 Å². The third-order valence-corrected chi connectivity index (χ3v) is 9.76. The van der Waals surface area contributed by atoms with Crippen LogP contribution in [0.15, 0.2) is 60.7 Å². The summed E-state index contributed by atoms with van der Waals surface area (Å²) in [5, 5.41) is 0. The molecular weight excluding hydrogens is 312 g/mol. The average molecular weight is 341 g/mol. The van der Waals surface area contributed by atoms with Gasteiger partial charge in [-0.15, -0.1) is 0 Å². The molecule has 0 aliphatic carbocycles. The molecular formula is C21H28O2Si. The first kappa shape index (κ1) is 18.6. The van der Waals surface area contributed by atoms with Crippen molar-refractivity contribution in [3.63, 3.8) is 0 Å². The maximum Gasteiger partial charge on any atom is 0.193 e. The van der Waals surface area contributed by atoms with Crippen LogP contribution in [0.5, 0.6) is 0 Å². The van der Waals surface area contributed by atoms with Gasteiger partial charge in [-0.2, -0.15) is 0 Å². The van der Waals surface area contributed by atoms with Crippen molar-refractivity contribution in [1.82, 2.24) is 0 Å². The van der Waals surface area contributed by atoms with E-state index in [2.05, 4.69) is 32.9 Å². The molecule has 0 spiro atoms. The lowest BCUT2D eigenvalue weighted by Gasteiger charge is -2.40. The molecule has 0 fully saturated rings. The molecule has 1 atom stereocenters. The number of carbonyl (C=O) groups is 1. The predicted molar refractivity (Wildman–Crippen MR) is 103 cm³/mol. The molecule has 0 aliphatic heterocycles. The van der Waals surface area contributed by atoms with Crippen LogP contribution in [0.25, 0.3) is 0 Å². The Morgan fingerprint density at radius 3 is 1.83 bits per heavy atom. The molecule has 0 N–H and O–H groups in total. The molecule has 0 aliphatic rings. The Hall–Kier alpha value is -1.71. The molecule has 0 saturated carbocycles. The third-order valence-electron chi connectivity index (χ3n) is 5.09. The smallest absolute Gasteiger partial charge is 0.193 e. The Morgan fingerprint density at radius 2 is 1.38 bits per heavy atom. The van der Waals surface area contributed by atoms with Crippen LogP contribution < -0.4 is 0 Å². The SMILES string of the molecule is CC[Si](CC)(CC)O[C@@](C=O)(Cc1ccccc1)c1ccccc1. The van der Waals surface area contributed by atoms with Crippen LogP contribution in [0.1, 0.15) is 31.9 Å². The summed E-state index contributed by atoms with van der Waals surface area (Å²) >= 11 is 0. The number of carbonyl (C=O) groups excluding carboxylic acids is 1. The third kappa shape index (κ3) is 4.03. The largest absolute Gasteiger partial charge is 0.401 e. The van der Waals surface area contributed by atoms with Crippen molar-refractivity contribution in [3.8, 4) is 0 Å². The first-order valence-electron chi connectivity index (χ1n) is 8.89. The van der Waals surface area contributed by atoms with Crippen LogP contribution in [0, 0.1) is 0 Å². The van der Waals surface area contributed by atoms with Crippen molar-refractivity contribution in [2.24, 2.45) is 0 Å². The van der Waals surface area contributed by atoms with Gasteiger partial charge >= 0.3 is 0 Å². The second-order valence-electron chi connectivity index (χ2n) is 6.38. The van der Waals surface area contributed by atoms with Crippen LogP contribution in [0.3, 0.4) is 0 Å². The van der Waals surface area contributed by atoms with Gasteiger partial charge in [-0.25, -0.2) is 0 Å². The topological polar surface area (TPSA) is 26.3 Å². The highest BCUT2D eigenvalue weighted by Gasteiger charge is 2.42. The summed E-state index contributed by atoms with van der Waals surface area (Å²) < 4.78 is 6.78. The minimum atomic E-state index is -1.94. The molecule has 0 amide bonds. The van der Waals surface area contributed by atoms with Crippen LogP contribution in [0.4, 0.5) is 0 Å². The zero-order valence-electron chi connectivity index (χ0n) is 15.0. The lowest BCUT2D eigenvalue weighted by atomic mass is 9.88. The van der Waals surface area contributed by atoms with E-state index < -0.39 is 13.9 Å². The number of aldehydes is 1. The van der Waals surface area contributed by atoms with Crippen LogP contribution in [0.2, 0.25) is 18.1 Å². The van der Waals surface area contributed by atoms with Crippen molar-refractivity contribution >= 4 is 14.6 Å². The molecule has 0 radical (unpaired) electrons. The van der Waals surface area contributed by atoms with Crippen LogP contribution >= 0.6 is 0 Å². The van der Waals surface area contributed by atoms with Gasteiger partial charge in [-0.3, -0.25) is 4.79 Å². The van der Waals surface area contributed by atoms with Crippen molar-refractivity contribution < 1.29 is 9.22 Å². The van der Waals surface area contributed by atoms with Gasteiger partial charge in [-0.1, -0.05) is 81.4 Å². The number of benzene rings is 2. The van der Waals surface area contributed by atoms with Crippen molar-refractivity contribution in [2.45, 2.75) is 50.9 Å². The Bertz CT molecular complexity index is 615. The molecule has 2 aromatic rings. The van der Waals surface area contributed by atoms with Gasteiger partial charge in [0.05, 0.1) is 0 Å². The summed E-state index contributed by atoms with van der Waals surface area (Å²) in [6.07, 6.45) is 1.61.